The Bertz CT molecular complexity index is 851. The van der Waals surface area contributed by atoms with Gasteiger partial charge in [0.15, 0.2) is 28.1 Å². The van der Waals surface area contributed by atoms with Crippen molar-refractivity contribution in [1.29, 1.82) is 0 Å². The summed E-state index contributed by atoms with van der Waals surface area (Å²) in [5, 5.41) is 0.486. The predicted molar refractivity (Wildman–Crippen MR) is 104 cm³/mol. The van der Waals surface area contributed by atoms with Crippen LogP contribution in [0.5, 0.6) is 23.0 Å². The van der Waals surface area contributed by atoms with Gasteiger partial charge in [-0.05, 0) is 42.0 Å². The van der Waals surface area contributed by atoms with Crippen LogP contribution in [0.3, 0.4) is 0 Å². The lowest BCUT2D eigenvalue weighted by Crippen LogP contribution is -1.92. The fourth-order valence-electron chi connectivity index (χ4n) is 2.69. The molecule has 0 unspecified atom stereocenters. The fraction of sp³-hybridized carbons (Fsp3) is 0.211. The van der Waals surface area contributed by atoms with E-state index in [-0.39, 0.29) is 0 Å². The Morgan fingerprint density at radius 2 is 1.23 bits per heavy atom. The quantitative estimate of drug-likeness (QED) is 0.702. The van der Waals surface area contributed by atoms with Crippen molar-refractivity contribution in [2.45, 2.75) is 0 Å². The molecular weight excluding hydrogens is 352 g/mol. The van der Waals surface area contributed by atoms with Crippen LogP contribution in [0.4, 0.5) is 5.13 Å². The molecule has 3 aromatic rings. The van der Waals surface area contributed by atoms with Crippen LogP contribution in [0.25, 0.3) is 21.7 Å². The molecule has 1 aromatic heterocycles. The van der Waals surface area contributed by atoms with E-state index in [0.717, 1.165) is 21.7 Å². The van der Waals surface area contributed by atoms with Crippen molar-refractivity contribution >= 4 is 16.5 Å². The first kappa shape index (κ1) is 17.9. The molecular formula is C19H20N2O4S. The Hall–Kier alpha value is -2.93. The van der Waals surface area contributed by atoms with E-state index in [1.807, 2.05) is 36.4 Å². The minimum absolute atomic E-state index is 0.486. The number of methoxy groups -OCH3 is 4. The first-order valence-corrected chi connectivity index (χ1v) is 8.64. The molecule has 0 aliphatic carbocycles. The number of benzene rings is 2. The van der Waals surface area contributed by atoms with Crippen LogP contribution in [0.2, 0.25) is 0 Å². The second kappa shape index (κ2) is 7.53. The Morgan fingerprint density at radius 3 is 1.77 bits per heavy atom. The van der Waals surface area contributed by atoms with Crippen molar-refractivity contribution in [2.24, 2.45) is 0 Å². The second-order valence-electron chi connectivity index (χ2n) is 5.37. The molecule has 7 heteroatoms. The van der Waals surface area contributed by atoms with Crippen LogP contribution in [0.1, 0.15) is 0 Å². The molecule has 0 radical (unpaired) electrons. The molecule has 6 nitrogen and oxygen atoms in total. The molecule has 0 fully saturated rings. The van der Waals surface area contributed by atoms with Gasteiger partial charge in [0.2, 0.25) is 0 Å². The molecule has 0 saturated heterocycles. The third-order valence-electron chi connectivity index (χ3n) is 3.95. The van der Waals surface area contributed by atoms with Gasteiger partial charge in [-0.2, -0.15) is 0 Å². The van der Waals surface area contributed by atoms with Gasteiger partial charge in [-0.25, -0.2) is 4.98 Å². The predicted octanol–water partition coefficient (Wildman–Crippen LogP) is 4.09. The first-order valence-electron chi connectivity index (χ1n) is 7.82. The molecule has 3 rings (SSSR count). The number of ether oxygens (including phenoxy) is 4. The van der Waals surface area contributed by atoms with Crippen molar-refractivity contribution in [1.82, 2.24) is 4.98 Å². The summed E-state index contributed by atoms with van der Waals surface area (Å²) in [6.45, 7) is 0. The molecule has 0 atom stereocenters. The summed E-state index contributed by atoms with van der Waals surface area (Å²) in [4.78, 5) is 5.45. The molecule has 0 aliphatic heterocycles. The summed E-state index contributed by atoms with van der Waals surface area (Å²) in [7, 11) is 6.43. The highest BCUT2D eigenvalue weighted by atomic mass is 32.1. The van der Waals surface area contributed by atoms with Gasteiger partial charge in [-0.15, -0.1) is 0 Å². The maximum Gasteiger partial charge on any atom is 0.181 e. The van der Waals surface area contributed by atoms with Gasteiger partial charge in [0, 0.05) is 5.56 Å². The van der Waals surface area contributed by atoms with Crippen LogP contribution >= 0.6 is 11.3 Å². The molecule has 0 bridgehead atoms. The normalized spacial score (nSPS) is 10.5. The summed E-state index contributed by atoms with van der Waals surface area (Å²) in [5.41, 5.74) is 8.62. The Morgan fingerprint density at radius 1 is 0.731 bits per heavy atom. The minimum atomic E-state index is 0.486. The highest BCUT2D eigenvalue weighted by Gasteiger charge is 2.17. The fourth-order valence-corrected chi connectivity index (χ4v) is 3.54. The van der Waals surface area contributed by atoms with E-state index in [9.17, 15) is 0 Å². The number of anilines is 1. The number of nitrogens with zero attached hydrogens (tertiary/aromatic N) is 1. The summed E-state index contributed by atoms with van der Waals surface area (Å²) in [5.74, 6) is 2.61. The smallest absolute Gasteiger partial charge is 0.181 e. The van der Waals surface area contributed by atoms with E-state index < -0.39 is 0 Å². The van der Waals surface area contributed by atoms with Crippen LogP contribution < -0.4 is 24.7 Å². The SMILES string of the molecule is COc1ccc(-c2nc(N)sc2-c2ccc(OC)c(OC)c2)cc1OC. The molecule has 0 amide bonds. The Balaban J connectivity index is 2.12. The van der Waals surface area contributed by atoms with Crippen LogP contribution in [0.15, 0.2) is 36.4 Å². The van der Waals surface area contributed by atoms with E-state index in [2.05, 4.69) is 4.98 Å². The lowest BCUT2D eigenvalue weighted by atomic mass is 10.1. The standard InChI is InChI=1S/C19H20N2O4S/c1-22-13-7-5-11(9-15(13)24-3)17-18(26-19(20)21-17)12-6-8-14(23-2)16(10-12)25-4/h5-10H,1-4H3,(H2,20,21). The molecule has 26 heavy (non-hydrogen) atoms. The maximum absolute atomic E-state index is 6.00. The molecule has 136 valence electrons. The third kappa shape index (κ3) is 3.25. The van der Waals surface area contributed by atoms with Crippen molar-refractivity contribution in [3.8, 4) is 44.7 Å². The third-order valence-corrected chi connectivity index (χ3v) is 4.88. The average Bonchev–Trinajstić information content (AvgIpc) is 3.08. The zero-order valence-corrected chi connectivity index (χ0v) is 15.8. The van der Waals surface area contributed by atoms with Crippen molar-refractivity contribution in [2.75, 3.05) is 34.2 Å². The van der Waals surface area contributed by atoms with E-state index in [1.165, 1.54) is 11.3 Å². The van der Waals surface area contributed by atoms with Gasteiger partial charge < -0.3 is 24.7 Å². The van der Waals surface area contributed by atoms with Crippen LogP contribution in [0, 0.1) is 0 Å². The summed E-state index contributed by atoms with van der Waals surface area (Å²) in [6.07, 6.45) is 0. The molecule has 1 heterocycles. The van der Waals surface area contributed by atoms with Gasteiger partial charge >= 0.3 is 0 Å². The van der Waals surface area contributed by atoms with E-state index in [0.29, 0.717) is 28.1 Å². The number of nitrogen functional groups attached to an aromatic ring is 1. The topological polar surface area (TPSA) is 75.8 Å². The highest BCUT2D eigenvalue weighted by Crippen LogP contribution is 2.42. The monoisotopic (exact) mass is 372 g/mol. The van der Waals surface area contributed by atoms with Crippen molar-refractivity contribution in [3.63, 3.8) is 0 Å². The van der Waals surface area contributed by atoms with Gasteiger partial charge in [-0.3, -0.25) is 0 Å². The number of nitrogens with two attached hydrogens (primary N) is 1. The lowest BCUT2D eigenvalue weighted by molar-refractivity contribution is 0.355. The van der Waals surface area contributed by atoms with Gasteiger partial charge in [0.25, 0.3) is 0 Å². The number of rotatable bonds is 6. The van der Waals surface area contributed by atoms with Gasteiger partial charge in [-0.1, -0.05) is 11.3 Å². The molecule has 0 saturated carbocycles. The molecule has 0 aliphatic rings. The number of hydrogen-bond acceptors (Lipinski definition) is 7. The molecule has 0 spiro atoms. The van der Waals surface area contributed by atoms with Gasteiger partial charge in [0.1, 0.15) is 0 Å². The average molecular weight is 372 g/mol. The van der Waals surface area contributed by atoms with E-state index in [1.54, 1.807) is 28.4 Å². The lowest BCUT2D eigenvalue weighted by Gasteiger charge is -2.11. The largest absolute Gasteiger partial charge is 0.493 e. The first-order chi connectivity index (χ1) is 12.6. The minimum Gasteiger partial charge on any atom is -0.493 e. The summed E-state index contributed by atoms with van der Waals surface area (Å²) < 4.78 is 21.4. The summed E-state index contributed by atoms with van der Waals surface area (Å²) >= 11 is 1.42. The number of aromatic nitrogens is 1. The number of hydrogen-bond donors (Lipinski definition) is 1. The Kier molecular flexibility index (Phi) is 5.18. The van der Waals surface area contributed by atoms with Crippen molar-refractivity contribution in [3.05, 3.63) is 36.4 Å². The highest BCUT2D eigenvalue weighted by molar-refractivity contribution is 7.19. The second-order valence-corrected chi connectivity index (χ2v) is 6.40. The molecule has 2 N–H and O–H groups in total. The van der Waals surface area contributed by atoms with Crippen LogP contribution in [-0.4, -0.2) is 33.4 Å². The zero-order chi connectivity index (χ0) is 18.7. The van der Waals surface area contributed by atoms with Crippen molar-refractivity contribution < 1.29 is 18.9 Å². The Labute approximate surface area is 156 Å². The molecule has 2 aromatic carbocycles. The van der Waals surface area contributed by atoms with Crippen LogP contribution in [-0.2, 0) is 0 Å². The number of thiazole rings is 1. The van der Waals surface area contributed by atoms with E-state index >= 15 is 0 Å². The zero-order valence-electron chi connectivity index (χ0n) is 15.0. The van der Waals surface area contributed by atoms with E-state index in [4.69, 9.17) is 24.7 Å². The van der Waals surface area contributed by atoms with Gasteiger partial charge in [0.05, 0.1) is 39.0 Å². The maximum atomic E-state index is 6.00. The summed E-state index contributed by atoms with van der Waals surface area (Å²) in [6, 6.07) is 11.4.